The highest BCUT2D eigenvalue weighted by Gasteiger charge is 2.32. The first kappa shape index (κ1) is 19.4. The van der Waals surface area contributed by atoms with Crippen LogP contribution in [0.3, 0.4) is 0 Å². The monoisotopic (exact) mass is 378 g/mol. The molecule has 0 fully saturated rings. The smallest absolute Gasteiger partial charge is 0.338 e. The van der Waals surface area contributed by atoms with Crippen LogP contribution in [0.1, 0.15) is 22.8 Å². The van der Waals surface area contributed by atoms with Crippen molar-refractivity contribution in [3.63, 3.8) is 0 Å². The van der Waals surface area contributed by atoms with E-state index in [4.69, 9.17) is 4.74 Å². The van der Waals surface area contributed by atoms with Gasteiger partial charge in [0.15, 0.2) is 4.90 Å². The van der Waals surface area contributed by atoms with Crippen molar-refractivity contribution in [2.45, 2.75) is 18.7 Å². The molecule has 8 nitrogen and oxygen atoms in total. The summed E-state index contributed by atoms with van der Waals surface area (Å²) in [6.07, 6.45) is 0. The van der Waals surface area contributed by atoms with Gasteiger partial charge < -0.3 is 4.74 Å². The minimum atomic E-state index is -4.21. The van der Waals surface area contributed by atoms with Gasteiger partial charge in [0.25, 0.3) is 15.7 Å². The van der Waals surface area contributed by atoms with E-state index in [0.29, 0.717) is 5.56 Å². The van der Waals surface area contributed by atoms with Gasteiger partial charge in [0.05, 0.1) is 23.3 Å². The molecule has 0 saturated heterocycles. The summed E-state index contributed by atoms with van der Waals surface area (Å²) in [5, 5.41) is 11.2. The third-order valence-electron chi connectivity index (χ3n) is 3.90. The first-order chi connectivity index (χ1) is 12.3. The maximum absolute atomic E-state index is 13.1. The van der Waals surface area contributed by atoms with Gasteiger partial charge in [0, 0.05) is 12.6 Å². The molecule has 0 bridgehead atoms. The van der Waals surface area contributed by atoms with Crippen LogP contribution in [-0.4, -0.2) is 33.0 Å². The van der Waals surface area contributed by atoms with Crippen molar-refractivity contribution >= 4 is 27.4 Å². The topological polar surface area (TPSA) is 107 Å². The van der Waals surface area contributed by atoms with E-state index in [-0.39, 0.29) is 17.8 Å². The highest BCUT2D eigenvalue weighted by Crippen LogP contribution is 2.32. The number of anilines is 1. The summed E-state index contributed by atoms with van der Waals surface area (Å²) in [6.45, 7) is 3.23. The Labute approximate surface area is 151 Å². The fourth-order valence-electron chi connectivity index (χ4n) is 2.64. The molecule has 0 saturated carbocycles. The molecule has 0 aromatic heterocycles. The second kappa shape index (κ2) is 7.52. The zero-order chi connectivity index (χ0) is 19.5. The molecule has 138 valence electrons. The van der Waals surface area contributed by atoms with Gasteiger partial charge in [-0.05, 0) is 37.6 Å². The molecule has 9 heteroatoms. The van der Waals surface area contributed by atoms with Gasteiger partial charge in [-0.3, -0.25) is 14.4 Å². The van der Waals surface area contributed by atoms with Crippen molar-refractivity contribution in [2.75, 3.05) is 18.0 Å². The molecule has 0 aliphatic carbocycles. The predicted molar refractivity (Wildman–Crippen MR) is 95.8 cm³/mol. The third kappa shape index (κ3) is 3.38. The number of carbonyl (C=O) groups excluding carboxylic acids is 1. The number of methoxy groups -OCH3 is 1. The second-order valence-corrected chi connectivity index (χ2v) is 7.17. The molecule has 0 atom stereocenters. The molecule has 0 heterocycles. The number of nitro groups is 1. The van der Waals surface area contributed by atoms with Crippen LogP contribution in [0, 0.1) is 17.0 Å². The predicted octanol–water partition coefficient (Wildman–Crippen LogP) is 2.91. The Bertz CT molecular complexity index is 955. The molecular weight excluding hydrogens is 360 g/mol. The summed E-state index contributed by atoms with van der Waals surface area (Å²) in [5.74, 6) is -0.594. The Morgan fingerprint density at radius 2 is 1.85 bits per heavy atom. The molecule has 2 aromatic carbocycles. The van der Waals surface area contributed by atoms with Crippen LogP contribution in [0.2, 0.25) is 0 Å². The number of hydrogen-bond acceptors (Lipinski definition) is 6. The van der Waals surface area contributed by atoms with E-state index in [0.717, 1.165) is 10.4 Å². The van der Waals surface area contributed by atoms with Crippen LogP contribution in [0.5, 0.6) is 0 Å². The Balaban J connectivity index is 2.66. The quantitative estimate of drug-likeness (QED) is 0.435. The van der Waals surface area contributed by atoms with Gasteiger partial charge in [-0.15, -0.1) is 0 Å². The number of sulfonamides is 1. The molecule has 0 N–H and O–H groups in total. The maximum atomic E-state index is 13.1. The molecule has 0 aliphatic heterocycles. The number of hydrogen-bond donors (Lipinski definition) is 0. The number of nitro benzene ring substituents is 1. The number of esters is 1. The third-order valence-corrected chi connectivity index (χ3v) is 5.83. The van der Waals surface area contributed by atoms with Gasteiger partial charge in [0.1, 0.15) is 0 Å². The van der Waals surface area contributed by atoms with Gasteiger partial charge in [-0.1, -0.05) is 18.2 Å². The first-order valence-electron chi connectivity index (χ1n) is 7.69. The number of rotatable bonds is 6. The zero-order valence-corrected chi connectivity index (χ0v) is 15.3. The average Bonchev–Trinajstić information content (AvgIpc) is 2.62. The van der Waals surface area contributed by atoms with Crippen molar-refractivity contribution in [3.8, 4) is 0 Å². The van der Waals surface area contributed by atoms with Crippen LogP contribution in [0.25, 0.3) is 0 Å². The number of ether oxygens (including phenoxy) is 1. The Hall–Kier alpha value is -2.94. The molecule has 26 heavy (non-hydrogen) atoms. The van der Waals surface area contributed by atoms with Crippen LogP contribution in [0.15, 0.2) is 47.4 Å². The van der Waals surface area contributed by atoms with Gasteiger partial charge >= 0.3 is 5.97 Å². The number of carbonyl (C=O) groups is 1. The van der Waals surface area contributed by atoms with Gasteiger partial charge in [-0.2, -0.15) is 0 Å². The largest absolute Gasteiger partial charge is 0.465 e. The van der Waals surface area contributed by atoms with Crippen molar-refractivity contribution in [1.29, 1.82) is 0 Å². The Morgan fingerprint density at radius 1 is 1.19 bits per heavy atom. The van der Waals surface area contributed by atoms with Gasteiger partial charge in [0.2, 0.25) is 0 Å². The fourth-order valence-corrected chi connectivity index (χ4v) is 4.33. The summed E-state index contributed by atoms with van der Waals surface area (Å²) in [5.41, 5.74) is 0.380. The lowest BCUT2D eigenvalue weighted by molar-refractivity contribution is -0.387. The molecule has 0 unspecified atom stereocenters. The SMILES string of the molecule is CCN(c1cccc(C(=O)OC)c1C)S(=O)(=O)c1ccccc1[N+](=O)[O-]. The van der Waals surface area contributed by atoms with Crippen LogP contribution >= 0.6 is 0 Å². The van der Waals surface area contributed by atoms with Crippen molar-refractivity contribution in [1.82, 2.24) is 0 Å². The maximum Gasteiger partial charge on any atom is 0.338 e. The summed E-state index contributed by atoms with van der Waals surface area (Å²) >= 11 is 0. The summed E-state index contributed by atoms with van der Waals surface area (Å²) in [4.78, 5) is 22.0. The van der Waals surface area contributed by atoms with E-state index in [1.165, 1.54) is 43.5 Å². The van der Waals surface area contributed by atoms with E-state index in [2.05, 4.69) is 0 Å². The summed E-state index contributed by atoms with van der Waals surface area (Å²) in [6, 6.07) is 9.75. The van der Waals surface area contributed by atoms with Gasteiger partial charge in [-0.25, -0.2) is 13.2 Å². The minimum absolute atomic E-state index is 0.0276. The number of para-hydroxylation sites is 1. The lowest BCUT2D eigenvalue weighted by Gasteiger charge is -2.25. The summed E-state index contributed by atoms with van der Waals surface area (Å²) in [7, 11) is -2.98. The highest BCUT2D eigenvalue weighted by molar-refractivity contribution is 7.93. The minimum Gasteiger partial charge on any atom is -0.465 e. The lowest BCUT2D eigenvalue weighted by Crippen LogP contribution is -2.32. The molecular formula is C17H18N2O6S. The standard InChI is InChI=1S/C17H18N2O6S/c1-4-18(14-10-7-8-13(12(14)2)17(20)25-3)26(23,24)16-11-6-5-9-15(16)19(21)22/h5-11H,4H2,1-3H3. The molecule has 0 aliphatic rings. The highest BCUT2D eigenvalue weighted by atomic mass is 32.2. The molecule has 0 radical (unpaired) electrons. The first-order valence-corrected chi connectivity index (χ1v) is 9.13. The van der Waals surface area contributed by atoms with E-state index >= 15 is 0 Å². The summed E-state index contributed by atoms with van der Waals surface area (Å²) < 4.78 is 31.9. The Kier molecular flexibility index (Phi) is 5.61. The molecule has 2 rings (SSSR count). The van der Waals surface area contributed by atoms with Crippen LogP contribution < -0.4 is 4.31 Å². The molecule has 2 aromatic rings. The van der Waals surface area contributed by atoms with Crippen molar-refractivity contribution < 1.29 is 22.9 Å². The molecule has 0 amide bonds. The van der Waals surface area contributed by atoms with Crippen molar-refractivity contribution in [3.05, 3.63) is 63.7 Å². The normalized spacial score (nSPS) is 11.0. The van der Waals surface area contributed by atoms with E-state index in [1.807, 2.05) is 0 Å². The van der Waals surface area contributed by atoms with E-state index in [9.17, 15) is 23.3 Å². The second-order valence-electron chi connectivity index (χ2n) is 5.34. The van der Waals surface area contributed by atoms with Crippen LogP contribution in [-0.2, 0) is 14.8 Å². The van der Waals surface area contributed by atoms with Crippen LogP contribution in [0.4, 0.5) is 11.4 Å². The van der Waals surface area contributed by atoms with E-state index < -0.39 is 31.5 Å². The number of nitrogens with zero attached hydrogens (tertiary/aromatic N) is 2. The van der Waals surface area contributed by atoms with E-state index in [1.54, 1.807) is 13.8 Å². The Morgan fingerprint density at radius 3 is 2.42 bits per heavy atom. The fraction of sp³-hybridized carbons (Fsp3) is 0.235. The number of benzene rings is 2. The molecule has 0 spiro atoms. The zero-order valence-electron chi connectivity index (χ0n) is 14.5. The lowest BCUT2D eigenvalue weighted by atomic mass is 10.1. The average molecular weight is 378 g/mol. The van der Waals surface area contributed by atoms with Crippen molar-refractivity contribution in [2.24, 2.45) is 0 Å².